The van der Waals surface area contributed by atoms with Crippen molar-refractivity contribution in [2.24, 2.45) is 11.8 Å². The molecule has 1 aromatic rings. The summed E-state index contributed by atoms with van der Waals surface area (Å²) in [5.74, 6) is -3.87. The Labute approximate surface area is 135 Å². The van der Waals surface area contributed by atoms with Crippen LogP contribution < -0.4 is 5.32 Å². The van der Waals surface area contributed by atoms with E-state index in [-0.39, 0.29) is 29.1 Å². The largest absolute Gasteiger partial charge is 0.478 e. The SMILES string of the molecule is O=C(O)c1ccc(NC(=O)C2CCCC(C(F)(F)F)C2)cc1Cl. The maximum absolute atomic E-state index is 12.8. The van der Waals surface area contributed by atoms with Gasteiger partial charge in [0.15, 0.2) is 0 Å². The Morgan fingerprint density at radius 2 is 1.96 bits per heavy atom. The number of hydrogen-bond acceptors (Lipinski definition) is 2. The van der Waals surface area contributed by atoms with Gasteiger partial charge >= 0.3 is 12.1 Å². The van der Waals surface area contributed by atoms with E-state index < -0.39 is 29.9 Å². The lowest BCUT2D eigenvalue weighted by Crippen LogP contribution is -2.34. The van der Waals surface area contributed by atoms with Crippen LogP contribution in [0.15, 0.2) is 18.2 Å². The van der Waals surface area contributed by atoms with Crippen LogP contribution in [0.3, 0.4) is 0 Å². The van der Waals surface area contributed by atoms with Crippen LogP contribution in [0.4, 0.5) is 18.9 Å². The molecule has 0 aliphatic heterocycles. The molecule has 1 aromatic carbocycles. The Morgan fingerprint density at radius 1 is 1.26 bits per heavy atom. The van der Waals surface area contributed by atoms with Crippen molar-refractivity contribution in [3.8, 4) is 0 Å². The number of carboxylic acid groups (broad SMARTS) is 1. The number of carbonyl (C=O) groups excluding carboxylic acids is 1. The smallest absolute Gasteiger partial charge is 0.391 e. The van der Waals surface area contributed by atoms with E-state index in [2.05, 4.69) is 5.32 Å². The lowest BCUT2D eigenvalue weighted by molar-refractivity contribution is -0.185. The molecule has 1 aliphatic rings. The summed E-state index contributed by atoms with van der Waals surface area (Å²) in [5, 5.41) is 11.3. The van der Waals surface area contributed by atoms with Crippen molar-refractivity contribution in [1.29, 1.82) is 0 Å². The summed E-state index contributed by atoms with van der Waals surface area (Å²) < 4.78 is 38.3. The van der Waals surface area contributed by atoms with Crippen molar-refractivity contribution in [2.45, 2.75) is 31.9 Å². The summed E-state index contributed by atoms with van der Waals surface area (Å²) >= 11 is 5.80. The summed E-state index contributed by atoms with van der Waals surface area (Å²) in [4.78, 5) is 23.0. The number of carboxylic acids is 1. The van der Waals surface area contributed by atoms with Crippen molar-refractivity contribution in [3.63, 3.8) is 0 Å². The second-order valence-corrected chi connectivity index (χ2v) is 6.00. The highest BCUT2D eigenvalue weighted by molar-refractivity contribution is 6.33. The van der Waals surface area contributed by atoms with Crippen LogP contribution in [0.25, 0.3) is 0 Å². The van der Waals surface area contributed by atoms with Gasteiger partial charge in [0, 0.05) is 11.6 Å². The highest BCUT2D eigenvalue weighted by atomic mass is 35.5. The molecule has 0 radical (unpaired) electrons. The highest BCUT2D eigenvalue weighted by Gasteiger charge is 2.43. The zero-order chi connectivity index (χ0) is 17.2. The van der Waals surface area contributed by atoms with Crippen molar-refractivity contribution in [3.05, 3.63) is 28.8 Å². The van der Waals surface area contributed by atoms with Gasteiger partial charge in [0.05, 0.1) is 16.5 Å². The summed E-state index contributed by atoms with van der Waals surface area (Å²) in [6.45, 7) is 0. The molecule has 126 valence electrons. The first-order valence-electron chi connectivity index (χ1n) is 7.09. The van der Waals surface area contributed by atoms with E-state index in [0.717, 1.165) is 0 Å². The first-order chi connectivity index (χ1) is 10.7. The molecule has 0 saturated heterocycles. The number of aromatic carboxylic acids is 1. The standard InChI is InChI=1S/C15H15ClF3NO3/c16-12-7-10(4-5-11(12)14(22)23)20-13(21)8-2-1-3-9(6-8)15(17,18)19/h4-5,7-9H,1-3,6H2,(H,20,21)(H,22,23). The first kappa shape index (κ1) is 17.6. The van der Waals surface area contributed by atoms with Gasteiger partial charge in [0.25, 0.3) is 0 Å². The normalized spacial score (nSPS) is 21.7. The number of rotatable bonds is 3. The van der Waals surface area contributed by atoms with Gasteiger partial charge < -0.3 is 10.4 Å². The third-order valence-electron chi connectivity index (χ3n) is 3.97. The van der Waals surface area contributed by atoms with Gasteiger partial charge in [0.2, 0.25) is 5.91 Å². The monoisotopic (exact) mass is 349 g/mol. The Morgan fingerprint density at radius 3 is 2.52 bits per heavy atom. The van der Waals surface area contributed by atoms with Gasteiger partial charge in [-0.1, -0.05) is 18.0 Å². The van der Waals surface area contributed by atoms with E-state index >= 15 is 0 Å². The fourth-order valence-corrected chi connectivity index (χ4v) is 3.00. The van der Waals surface area contributed by atoms with Crippen molar-refractivity contribution in [2.75, 3.05) is 5.32 Å². The summed E-state index contributed by atoms with van der Waals surface area (Å²) in [5.41, 5.74) is 0.151. The molecule has 0 spiro atoms. The molecular formula is C15H15ClF3NO3. The third-order valence-corrected chi connectivity index (χ3v) is 4.29. The zero-order valence-electron chi connectivity index (χ0n) is 12.0. The van der Waals surface area contributed by atoms with Gasteiger partial charge in [-0.2, -0.15) is 13.2 Å². The average Bonchev–Trinajstić information content (AvgIpc) is 2.46. The van der Waals surface area contributed by atoms with Crippen molar-refractivity contribution in [1.82, 2.24) is 0 Å². The van der Waals surface area contributed by atoms with E-state index in [9.17, 15) is 22.8 Å². The van der Waals surface area contributed by atoms with Gasteiger partial charge in [-0.3, -0.25) is 4.79 Å². The number of nitrogens with one attached hydrogen (secondary N) is 1. The van der Waals surface area contributed by atoms with Crippen molar-refractivity contribution >= 4 is 29.2 Å². The lowest BCUT2D eigenvalue weighted by atomic mass is 9.80. The Hall–Kier alpha value is -1.76. The van der Waals surface area contributed by atoms with Gasteiger partial charge in [-0.05, 0) is 37.5 Å². The molecule has 1 saturated carbocycles. The number of hydrogen-bond donors (Lipinski definition) is 2. The van der Waals surface area contributed by atoms with Crippen molar-refractivity contribution < 1.29 is 27.9 Å². The van der Waals surface area contributed by atoms with Crippen LogP contribution in [0.1, 0.15) is 36.0 Å². The Balaban J connectivity index is 2.04. The maximum Gasteiger partial charge on any atom is 0.391 e. The molecule has 2 N–H and O–H groups in total. The number of carbonyl (C=O) groups is 2. The molecule has 1 fully saturated rings. The molecule has 0 aromatic heterocycles. The summed E-state index contributed by atoms with van der Waals surface area (Å²) in [6.07, 6.45) is -3.71. The van der Waals surface area contributed by atoms with E-state index in [1.807, 2.05) is 0 Å². The molecule has 2 atom stereocenters. The van der Waals surface area contributed by atoms with Crippen LogP contribution in [0, 0.1) is 11.8 Å². The predicted molar refractivity (Wildman–Crippen MR) is 78.5 cm³/mol. The van der Waals surface area contributed by atoms with E-state index in [0.29, 0.717) is 12.8 Å². The molecule has 0 bridgehead atoms. The van der Waals surface area contributed by atoms with E-state index in [1.165, 1.54) is 18.2 Å². The first-order valence-corrected chi connectivity index (χ1v) is 7.46. The fraction of sp³-hybridized carbons (Fsp3) is 0.467. The van der Waals surface area contributed by atoms with Crippen LogP contribution in [0.5, 0.6) is 0 Å². The van der Waals surface area contributed by atoms with Crippen LogP contribution >= 0.6 is 11.6 Å². The number of benzene rings is 1. The molecular weight excluding hydrogens is 335 g/mol. The molecule has 1 aliphatic carbocycles. The second kappa shape index (κ2) is 6.78. The number of alkyl halides is 3. The minimum atomic E-state index is -4.29. The molecule has 4 nitrogen and oxygen atoms in total. The predicted octanol–water partition coefficient (Wildman–Crippen LogP) is 4.35. The second-order valence-electron chi connectivity index (χ2n) is 5.59. The molecule has 8 heteroatoms. The van der Waals surface area contributed by atoms with E-state index in [4.69, 9.17) is 16.7 Å². The summed E-state index contributed by atoms with van der Waals surface area (Å²) in [6, 6.07) is 3.87. The Kier molecular flexibility index (Phi) is 5.19. The fourth-order valence-electron chi connectivity index (χ4n) is 2.74. The quantitative estimate of drug-likeness (QED) is 0.852. The summed E-state index contributed by atoms with van der Waals surface area (Å²) in [7, 11) is 0. The van der Waals surface area contributed by atoms with E-state index in [1.54, 1.807) is 0 Å². The molecule has 0 heterocycles. The van der Waals surface area contributed by atoms with Crippen LogP contribution in [0.2, 0.25) is 5.02 Å². The van der Waals surface area contributed by atoms with Gasteiger partial charge in [-0.15, -0.1) is 0 Å². The van der Waals surface area contributed by atoms with Crippen LogP contribution in [-0.4, -0.2) is 23.2 Å². The van der Waals surface area contributed by atoms with Gasteiger partial charge in [0.1, 0.15) is 0 Å². The lowest BCUT2D eigenvalue weighted by Gasteiger charge is -2.29. The average molecular weight is 350 g/mol. The minimum absolute atomic E-state index is 0.0480. The third kappa shape index (κ3) is 4.37. The molecule has 1 amide bonds. The molecule has 2 rings (SSSR count). The van der Waals surface area contributed by atoms with Crippen LogP contribution in [-0.2, 0) is 4.79 Å². The highest BCUT2D eigenvalue weighted by Crippen LogP contribution is 2.40. The molecule has 23 heavy (non-hydrogen) atoms. The van der Waals surface area contributed by atoms with Gasteiger partial charge in [-0.25, -0.2) is 4.79 Å². The molecule has 2 unspecified atom stereocenters. The number of anilines is 1. The Bertz CT molecular complexity index is 618. The number of amides is 1. The number of halogens is 4. The minimum Gasteiger partial charge on any atom is -0.478 e. The zero-order valence-corrected chi connectivity index (χ0v) is 12.7. The maximum atomic E-state index is 12.8. The topological polar surface area (TPSA) is 66.4 Å².